The Bertz CT molecular complexity index is 995. The van der Waals surface area contributed by atoms with E-state index in [1.54, 1.807) is 18.2 Å². The number of hydrogen-bond acceptors (Lipinski definition) is 7. The normalized spacial score (nSPS) is 18.9. The lowest BCUT2D eigenvalue weighted by molar-refractivity contribution is -0.333. The molecule has 1 aliphatic carbocycles. The number of benzene rings is 1. The molecular weight excluding hydrogens is 412 g/mol. The van der Waals surface area contributed by atoms with Gasteiger partial charge in [0.25, 0.3) is 11.5 Å². The van der Waals surface area contributed by atoms with Crippen LogP contribution in [0.25, 0.3) is 0 Å². The van der Waals surface area contributed by atoms with Crippen LogP contribution >= 0.6 is 11.3 Å². The maximum Gasteiger partial charge on any atom is 0.348 e. The van der Waals surface area contributed by atoms with E-state index in [-0.39, 0.29) is 5.91 Å². The van der Waals surface area contributed by atoms with E-state index in [4.69, 9.17) is 9.99 Å². The van der Waals surface area contributed by atoms with Crippen LogP contribution < -0.4 is 10.6 Å². The summed E-state index contributed by atoms with van der Waals surface area (Å²) in [5.41, 5.74) is 0.924. The number of aliphatic carboxylic acids is 2. The number of nitrogens with one attached hydrogen (secondary N) is 2. The molecule has 2 aromatic rings. The molecular formula is C20H20N2O7S. The molecule has 1 aromatic carbocycles. The number of carboxylic acid groups (broad SMARTS) is 2. The van der Waals surface area contributed by atoms with Crippen molar-refractivity contribution in [3.63, 3.8) is 0 Å². The van der Waals surface area contributed by atoms with Crippen molar-refractivity contribution in [1.82, 2.24) is 10.6 Å². The molecule has 2 heterocycles. The number of amides is 1. The molecule has 158 valence electrons. The van der Waals surface area contributed by atoms with Crippen molar-refractivity contribution in [2.24, 2.45) is 0 Å². The van der Waals surface area contributed by atoms with Crippen LogP contribution in [0.3, 0.4) is 0 Å². The monoisotopic (exact) mass is 432 g/mol. The van der Waals surface area contributed by atoms with Crippen LogP contribution in [0.15, 0.2) is 24.3 Å². The largest absolute Gasteiger partial charge is 0.479 e. The molecule has 0 saturated carbocycles. The second-order valence-electron chi connectivity index (χ2n) is 7.06. The van der Waals surface area contributed by atoms with Gasteiger partial charge in [-0.2, -0.15) is 0 Å². The van der Waals surface area contributed by atoms with Crippen LogP contribution in [0.5, 0.6) is 0 Å². The Morgan fingerprint density at radius 2 is 2.10 bits per heavy atom. The highest BCUT2D eigenvalue weighted by molar-refractivity contribution is 7.14. The van der Waals surface area contributed by atoms with Crippen LogP contribution in [0.1, 0.15) is 36.8 Å². The molecule has 1 atom stereocenters. The third-order valence-corrected chi connectivity index (χ3v) is 6.37. The smallest absolute Gasteiger partial charge is 0.348 e. The molecule has 10 heteroatoms. The minimum atomic E-state index is -1.79. The molecule has 0 spiro atoms. The summed E-state index contributed by atoms with van der Waals surface area (Å²) in [6.45, 7) is 1.24. The van der Waals surface area contributed by atoms with Gasteiger partial charge < -0.3 is 20.8 Å². The summed E-state index contributed by atoms with van der Waals surface area (Å²) in [4.78, 5) is 46.4. The predicted octanol–water partition coefficient (Wildman–Crippen LogP) is 1.04. The van der Waals surface area contributed by atoms with Gasteiger partial charge in [0, 0.05) is 35.6 Å². The lowest BCUT2D eigenvalue weighted by Crippen LogP contribution is -2.28. The van der Waals surface area contributed by atoms with E-state index in [1.807, 2.05) is 6.07 Å². The van der Waals surface area contributed by atoms with Crippen LogP contribution in [0, 0.1) is 0 Å². The lowest BCUT2D eigenvalue weighted by Gasteiger charge is -2.11. The summed E-state index contributed by atoms with van der Waals surface area (Å²) in [5.74, 6) is -2.71. The first-order valence-electron chi connectivity index (χ1n) is 9.42. The maximum absolute atomic E-state index is 12.5. The first-order chi connectivity index (χ1) is 14.4. The average molecular weight is 432 g/mol. The second kappa shape index (κ2) is 8.15. The highest BCUT2D eigenvalue weighted by Crippen LogP contribution is 2.53. The topological polar surface area (TPSA) is 134 Å². The van der Waals surface area contributed by atoms with Gasteiger partial charge in [-0.15, -0.1) is 11.3 Å². The summed E-state index contributed by atoms with van der Waals surface area (Å²) in [5, 5.41) is 24.4. The fraction of sp³-hybridized carbons (Fsp3) is 0.350. The number of thiophene rings is 1. The first kappa shape index (κ1) is 20.5. The van der Waals surface area contributed by atoms with Crippen LogP contribution in [-0.2, 0) is 44.4 Å². The minimum Gasteiger partial charge on any atom is -0.479 e. The standard InChI is InChI=1S/C20H20N2O7S/c23-16(24)10-28-29-20(19(26)27)13-3-1-2-11(17(13)20)4-7-22-18(25)15-8-12-9-21-6-5-14(12)30-15/h1-3,8,21H,4-7,9-10H2,(H,22,25)(H,23,24)(H,26,27). The molecule has 4 N–H and O–H groups in total. The fourth-order valence-electron chi connectivity index (χ4n) is 3.71. The first-order valence-corrected chi connectivity index (χ1v) is 10.2. The van der Waals surface area contributed by atoms with E-state index in [0.717, 1.165) is 25.1 Å². The number of rotatable bonds is 9. The highest BCUT2D eigenvalue weighted by Gasteiger charge is 2.62. The lowest BCUT2D eigenvalue weighted by atomic mass is 10.1. The Morgan fingerprint density at radius 3 is 2.83 bits per heavy atom. The Labute approximate surface area is 175 Å². The number of carbonyl (C=O) groups is 3. The van der Waals surface area contributed by atoms with Gasteiger partial charge in [-0.05, 0) is 30.0 Å². The number of carbonyl (C=O) groups excluding carboxylic acids is 1. The van der Waals surface area contributed by atoms with E-state index in [1.165, 1.54) is 16.2 Å². The molecule has 1 unspecified atom stereocenters. The number of fused-ring (bicyclic) bond motifs is 2. The summed E-state index contributed by atoms with van der Waals surface area (Å²) in [6.07, 6.45) is 1.32. The quantitative estimate of drug-likeness (QED) is 0.341. The van der Waals surface area contributed by atoms with E-state index in [2.05, 4.69) is 15.5 Å². The zero-order chi connectivity index (χ0) is 21.3. The second-order valence-corrected chi connectivity index (χ2v) is 8.19. The van der Waals surface area contributed by atoms with Crippen molar-refractivity contribution < 1.29 is 34.4 Å². The predicted molar refractivity (Wildman–Crippen MR) is 105 cm³/mol. The van der Waals surface area contributed by atoms with E-state index in [9.17, 15) is 19.5 Å². The van der Waals surface area contributed by atoms with E-state index < -0.39 is 24.1 Å². The Kier molecular flexibility index (Phi) is 5.56. The maximum atomic E-state index is 12.5. The van der Waals surface area contributed by atoms with Crippen molar-refractivity contribution in [2.45, 2.75) is 25.0 Å². The minimum absolute atomic E-state index is 0.156. The summed E-state index contributed by atoms with van der Waals surface area (Å²) in [6, 6.07) is 6.96. The summed E-state index contributed by atoms with van der Waals surface area (Å²) < 4.78 is 0. The van der Waals surface area contributed by atoms with Crippen molar-refractivity contribution in [3.8, 4) is 0 Å². The van der Waals surface area contributed by atoms with Crippen molar-refractivity contribution in [3.05, 3.63) is 56.3 Å². The van der Waals surface area contributed by atoms with Gasteiger partial charge in [0.1, 0.15) is 0 Å². The van der Waals surface area contributed by atoms with E-state index in [0.29, 0.717) is 34.5 Å². The Balaban J connectivity index is 1.39. The number of carboxylic acids is 2. The summed E-state index contributed by atoms with van der Waals surface area (Å²) >= 11 is 1.50. The van der Waals surface area contributed by atoms with Crippen molar-refractivity contribution in [1.29, 1.82) is 0 Å². The molecule has 9 nitrogen and oxygen atoms in total. The van der Waals surface area contributed by atoms with Crippen molar-refractivity contribution in [2.75, 3.05) is 19.7 Å². The Hall–Kier alpha value is -2.79. The van der Waals surface area contributed by atoms with Gasteiger partial charge in [-0.3, -0.25) is 4.79 Å². The third kappa shape index (κ3) is 3.70. The summed E-state index contributed by atoms with van der Waals surface area (Å²) in [7, 11) is 0. The molecule has 0 bridgehead atoms. The number of hydrogen-bond donors (Lipinski definition) is 4. The molecule has 0 saturated heterocycles. The van der Waals surface area contributed by atoms with Crippen molar-refractivity contribution >= 4 is 29.2 Å². The van der Waals surface area contributed by atoms with Crippen LogP contribution in [-0.4, -0.2) is 47.8 Å². The van der Waals surface area contributed by atoms with Gasteiger partial charge in [0.05, 0.1) is 4.88 Å². The van der Waals surface area contributed by atoms with Crippen LogP contribution in [0.2, 0.25) is 0 Å². The Morgan fingerprint density at radius 1 is 1.27 bits per heavy atom. The average Bonchev–Trinajstić information content (AvgIpc) is 3.18. The van der Waals surface area contributed by atoms with Gasteiger partial charge in [-0.1, -0.05) is 18.2 Å². The molecule has 1 aromatic heterocycles. The molecule has 0 fully saturated rings. The molecule has 30 heavy (non-hydrogen) atoms. The zero-order valence-corrected chi connectivity index (χ0v) is 16.7. The van der Waals surface area contributed by atoms with Gasteiger partial charge in [0.15, 0.2) is 6.61 Å². The highest BCUT2D eigenvalue weighted by atomic mass is 32.1. The zero-order valence-electron chi connectivity index (χ0n) is 15.9. The van der Waals surface area contributed by atoms with Gasteiger partial charge in [-0.25, -0.2) is 19.4 Å². The molecule has 1 amide bonds. The third-order valence-electron chi connectivity index (χ3n) is 5.13. The SMILES string of the molecule is O=C(O)COOC1(C(=O)O)c2cccc(CCNC(=O)c3cc4c(s3)CCNC4)c21. The molecule has 2 aliphatic rings. The molecule has 1 aliphatic heterocycles. The fourth-order valence-corrected chi connectivity index (χ4v) is 4.81. The van der Waals surface area contributed by atoms with Crippen LogP contribution in [0.4, 0.5) is 0 Å². The van der Waals surface area contributed by atoms with Gasteiger partial charge in [0.2, 0.25) is 0 Å². The molecule has 0 radical (unpaired) electrons. The van der Waals surface area contributed by atoms with Gasteiger partial charge >= 0.3 is 11.9 Å². The molecule has 4 rings (SSSR count). The van der Waals surface area contributed by atoms with E-state index >= 15 is 0 Å².